The zero-order chi connectivity index (χ0) is 12.0. The number of halogens is 1. The highest BCUT2D eigenvalue weighted by molar-refractivity contribution is 14.0. The van der Waals surface area contributed by atoms with E-state index in [4.69, 9.17) is 4.74 Å². The van der Waals surface area contributed by atoms with Crippen LogP contribution in [0.1, 0.15) is 26.7 Å². The minimum absolute atomic E-state index is 0. The summed E-state index contributed by atoms with van der Waals surface area (Å²) in [4.78, 5) is 4.11. The molecular formula is C12H26IN3O. The number of ether oxygens (including phenoxy) is 1. The molecule has 0 aromatic heterocycles. The molecule has 1 aliphatic rings. The van der Waals surface area contributed by atoms with E-state index < -0.39 is 0 Å². The SMILES string of the molecule is CN=C(NC)NCC1CCCOC1C(C)C.I. The Morgan fingerprint density at radius 2 is 2.18 bits per heavy atom. The van der Waals surface area contributed by atoms with Crippen molar-refractivity contribution in [2.75, 3.05) is 27.2 Å². The summed E-state index contributed by atoms with van der Waals surface area (Å²) in [6.07, 6.45) is 2.81. The lowest BCUT2D eigenvalue weighted by Gasteiger charge is -2.34. The fourth-order valence-electron chi connectivity index (χ4n) is 2.33. The maximum atomic E-state index is 5.85. The van der Waals surface area contributed by atoms with Gasteiger partial charge < -0.3 is 15.4 Å². The fraction of sp³-hybridized carbons (Fsp3) is 0.917. The molecule has 1 fully saturated rings. The van der Waals surface area contributed by atoms with Crippen LogP contribution >= 0.6 is 24.0 Å². The van der Waals surface area contributed by atoms with Crippen LogP contribution in [0.2, 0.25) is 0 Å². The van der Waals surface area contributed by atoms with Gasteiger partial charge in [-0.2, -0.15) is 0 Å². The Balaban J connectivity index is 0.00000256. The van der Waals surface area contributed by atoms with E-state index in [-0.39, 0.29) is 24.0 Å². The molecule has 4 nitrogen and oxygen atoms in total. The summed E-state index contributed by atoms with van der Waals surface area (Å²) in [6.45, 7) is 6.32. The second-order valence-electron chi connectivity index (χ2n) is 4.68. The molecule has 0 saturated carbocycles. The molecule has 5 heteroatoms. The van der Waals surface area contributed by atoms with Gasteiger partial charge in [-0.25, -0.2) is 0 Å². The highest BCUT2D eigenvalue weighted by Crippen LogP contribution is 2.25. The number of nitrogens with zero attached hydrogens (tertiary/aromatic N) is 1. The van der Waals surface area contributed by atoms with Gasteiger partial charge in [-0.1, -0.05) is 13.8 Å². The quantitative estimate of drug-likeness (QED) is 0.462. The molecule has 2 atom stereocenters. The lowest BCUT2D eigenvalue weighted by molar-refractivity contribution is -0.0505. The van der Waals surface area contributed by atoms with Crippen molar-refractivity contribution in [3.05, 3.63) is 0 Å². The third kappa shape index (κ3) is 5.42. The molecule has 0 amide bonds. The Hall–Kier alpha value is -0.0400. The van der Waals surface area contributed by atoms with Crippen molar-refractivity contribution < 1.29 is 4.74 Å². The van der Waals surface area contributed by atoms with Crippen molar-refractivity contribution in [3.8, 4) is 0 Å². The summed E-state index contributed by atoms with van der Waals surface area (Å²) in [6, 6.07) is 0. The fourth-order valence-corrected chi connectivity index (χ4v) is 2.33. The first kappa shape index (κ1) is 17.0. The molecule has 0 aliphatic carbocycles. The Morgan fingerprint density at radius 1 is 1.47 bits per heavy atom. The second kappa shape index (κ2) is 8.97. The summed E-state index contributed by atoms with van der Waals surface area (Å²) in [5, 5.41) is 6.37. The van der Waals surface area contributed by atoms with E-state index in [1.165, 1.54) is 12.8 Å². The number of hydrogen-bond donors (Lipinski definition) is 2. The third-order valence-corrected chi connectivity index (χ3v) is 3.14. The van der Waals surface area contributed by atoms with Crippen LogP contribution in [0.4, 0.5) is 0 Å². The molecule has 1 saturated heterocycles. The first-order valence-corrected chi connectivity index (χ1v) is 6.19. The van der Waals surface area contributed by atoms with Crippen molar-refractivity contribution >= 4 is 29.9 Å². The highest BCUT2D eigenvalue weighted by atomic mass is 127. The summed E-state index contributed by atoms with van der Waals surface area (Å²) in [5.74, 6) is 2.04. The van der Waals surface area contributed by atoms with Gasteiger partial charge in [0.25, 0.3) is 0 Å². The maximum absolute atomic E-state index is 5.85. The average Bonchev–Trinajstić information content (AvgIpc) is 2.30. The molecule has 0 radical (unpaired) electrons. The molecule has 0 bridgehead atoms. The van der Waals surface area contributed by atoms with E-state index in [1.807, 2.05) is 7.05 Å². The number of guanidine groups is 1. The second-order valence-corrected chi connectivity index (χ2v) is 4.68. The largest absolute Gasteiger partial charge is 0.378 e. The Labute approximate surface area is 122 Å². The van der Waals surface area contributed by atoms with Crippen LogP contribution in [-0.2, 0) is 4.74 Å². The standard InChI is InChI=1S/C12H25N3O.HI/c1-9(2)11-10(6-5-7-16-11)8-15-12(13-3)14-4;/h9-11H,5-8H2,1-4H3,(H2,13,14,15);1H. The Morgan fingerprint density at radius 3 is 2.71 bits per heavy atom. The molecule has 1 heterocycles. The van der Waals surface area contributed by atoms with Crippen molar-refractivity contribution in [2.45, 2.75) is 32.8 Å². The smallest absolute Gasteiger partial charge is 0.190 e. The molecular weight excluding hydrogens is 329 g/mol. The normalized spacial score (nSPS) is 25.4. The maximum Gasteiger partial charge on any atom is 0.190 e. The zero-order valence-corrected chi connectivity index (χ0v) is 13.7. The van der Waals surface area contributed by atoms with Crippen molar-refractivity contribution in [1.29, 1.82) is 0 Å². The van der Waals surface area contributed by atoms with Gasteiger partial charge >= 0.3 is 0 Å². The monoisotopic (exact) mass is 355 g/mol. The molecule has 1 rings (SSSR count). The number of aliphatic imine (C=N–C) groups is 1. The molecule has 1 aliphatic heterocycles. The summed E-state index contributed by atoms with van der Waals surface area (Å²) in [5.41, 5.74) is 0. The van der Waals surface area contributed by atoms with Crippen LogP contribution < -0.4 is 10.6 Å². The predicted octanol–water partition coefficient (Wildman–Crippen LogP) is 1.85. The summed E-state index contributed by atoms with van der Waals surface area (Å²) in [7, 11) is 3.67. The van der Waals surface area contributed by atoms with E-state index >= 15 is 0 Å². The van der Waals surface area contributed by atoms with Gasteiger partial charge in [-0.3, -0.25) is 4.99 Å². The molecule has 102 valence electrons. The van der Waals surface area contributed by atoms with Crippen LogP contribution in [0.5, 0.6) is 0 Å². The lowest BCUT2D eigenvalue weighted by Crippen LogP contribution is -2.44. The topological polar surface area (TPSA) is 45.7 Å². The van der Waals surface area contributed by atoms with Crippen LogP contribution in [0.25, 0.3) is 0 Å². The van der Waals surface area contributed by atoms with Gasteiger partial charge in [-0.15, -0.1) is 24.0 Å². The minimum Gasteiger partial charge on any atom is -0.378 e. The van der Waals surface area contributed by atoms with E-state index in [1.54, 1.807) is 7.05 Å². The van der Waals surface area contributed by atoms with Gasteiger partial charge in [0.1, 0.15) is 0 Å². The van der Waals surface area contributed by atoms with Crippen LogP contribution in [0, 0.1) is 11.8 Å². The molecule has 0 aromatic carbocycles. The van der Waals surface area contributed by atoms with Crippen molar-refractivity contribution in [2.24, 2.45) is 16.8 Å². The van der Waals surface area contributed by atoms with Gasteiger partial charge in [-0.05, 0) is 18.8 Å². The molecule has 17 heavy (non-hydrogen) atoms. The van der Waals surface area contributed by atoms with Gasteiger partial charge in [0, 0.05) is 33.2 Å². The summed E-state index contributed by atoms with van der Waals surface area (Å²) >= 11 is 0. The molecule has 0 spiro atoms. The average molecular weight is 355 g/mol. The van der Waals surface area contributed by atoms with Crippen LogP contribution in [0.3, 0.4) is 0 Å². The Bertz CT molecular complexity index is 234. The predicted molar refractivity (Wildman–Crippen MR) is 83.1 cm³/mol. The van der Waals surface area contributed by atoms with E-state index in [0.717, 1.165) is 19.1 Å². The molecule has 2 unspecified atom stereocenters. The first-order chi connectivity index (χ1) is 7.69. The van der Waals surface area contributed by atoms with Gasteiger partial charge in [0.15, 0.2) is 5.96 Å². The molecule has 0 aromatic rings. The summed E-state index contributed by atoms with van der Waals surface area (Å²) < 4.78 is 5.85. The van der Waals surface area contributed by atoms with Crippen molar-refractivity contribution in [3.63, 3.8) is 0 Å². The number of nitrogens with one attached hydrogen (secondary N) is 2. The van der Waals surface area contributed by atoms with E-state index in [2.05, 4.69) is 29.5 Å². The number of hydrogen-bond acceptors (Lipinski definition) is 2. The highest BCUT2D eigenvalue weighted by Gasteiger charge is 2.28. The first-order valence-electron chi connectivity index (χ1n) is 6.19. The van der Waals surface area contributed by atoms with Crippen LogP contribution in [0.15, 0.2) is 4.99 Å². The van der Waals surface area contributed by atoms with Crippen LogP contribution in [-0.4, -0.2) is 39.3 Å². The minimum atomic E-state index is 0. The molecule has 2 N–H and O–H groups in total. The Kier molecular flexibility index (Phi) is 8.94. The van der Waals surface area contributed by atoms with E-state index in [0.29, 0.717) is 17.9 Å². The number of rotatable bonds is 3. The third-order valence-electron chi connectivity index (χ3n) is 3.14. The zero-order valence-electron chi connectivity index (χ0n) is 11.3. The van der Waals surface area contributed by atoms with Gasteiger partial charge in [0.05, 0.1) is 6.10 Å². The lowest BCUT2D eigenvalue weighted by atomic mass is 9.87. The van der Waals surface area contributed by atoms with E-state index in [9.17, 15) is 0 Å². The van der Waals surface area contributed by atoms with Crippen molar-refractivity contribution in [1.82, 2.24) is 10.6 Å². The van der Waals surface area contributed by atoms with Gasteiger partial charge in [0.2, 0.25) is 0 Å².